The Kier molecular flexibility index (Phi) is 7.39. The molecule has 2 aromatic rings. The molecule has 0 bridgehead atoms. The van der Waals surface area contributed by atoms with E-state index in [-0.39, 0.29) is 16.3 Å². The van der Waals surface area contributed by atoms with Crippen LogP contribution in [0.15, 0.2) is 47.4 Å². The summed E-state index contributed by atoms with van der Waals surface area (Å²) in [5.74, 6) is -3.14. The highest BCUT2D eigenvalue weighted by atomic mass is 32.2. The molecule has 1 fully saturated rings. The molecule has 0 aliphatic carbocycles. The Hall–Kier alpha value is -2.57. The second-order valence-electron chi connectivity index (χ2n) is 7.81. The molecule has 1 amide bonds. The standard InChI is InChI=1S/C21H25F2N3O5S2/c1-15(26(32(2,28)29)17-8-11-19(22)20(23)14-17)21(27)24-16-6-9-18(10-7-16)33(30,31)25-12-4-3-5-13-25/h6-11,14-15H,3-5,12-13H2,1-2H3,(H,24,27)/t15-/m0/s1. The van der Waals surface area contributed by atoms with Crippen molar-refractivity contribution < 1.29 is 30.4 Å². The van der Waals surface area contributed by atoms with E-state index in [1.165, 1.54) is 35.5 Å². The van der Waals surface area contributed by atoms with Crippen LogP contribution in [0.25, 0.3) is 0 Å². The largest absolute Gasteiger partial charge is 0.324 e. The number of hydrogen-bond acceptors (Lipinski definition) is 5. The van der Waals surface area contributed by atoms with Crippen LogP contribution in [0.3, 0.4) is 0 Å². The molecule has 180 valence electrons. The van der Waals surface area contributed by atoms with Gasteiger partial charge in [-0.1, -0.05) is 6.42 Å². The summed E-state index contributed by atoms with van der Waals surface area (Å²) in [4.78, 5) is 12.8. The first-order valence-corrected chi connectivity index (χ1v) is 13.6. The highest BCUT2D eigenvalue weighted by Gasteiger charge is 2.30. The number of anilines is 2. The van der Waals surface area contributed by atoms with Gasteiger partial charge >= 0.3 is 0 Å². The Morgan fingerprint density at radius 1 is 0.970 bits per heavy atom. The highest BCUT2D eigenvalue weighted by molar-refractivity contribution is 7.92. The van der Waals surface area contributed by atoms with Crippen molar-refractivity contribution in [1.82, 2.24) is 4.31 Å². The molecule has 1 saturated heterocycles. The van der Waals surface area contributed by atoms with Gasteiger partial charge in [0.05, 0.1) is 16.8 Å². The van der Waals surface area contributed by atoms with Crippen molar-refractivity contribution in [2.45, 2.75) is 37.1 Å². The van der Waals surface area contributed by atoms with E-state index < -0.39 is 43.6 Å². The molecule has 0 aromatic heterocycles. The van der Waals surface area contributed by atoms with Gasteiger partial charge in [0.25, 0.3) is 0 Å². The third-order valence-corrected chi connectivity index (χ3v) is 8.48. The third kappa shape index (κ3) is 5.68. The summed E-state index contributed by atoms with van der Waals surface area (Å²) < 4.78 is 79.1. The van der Waals surface area contributed by atoms with Crippen LogP contribution in [0.2, 0.25) is 0 Å². The molecule has 2 aromatic carbocycles. The zero-order chi connectivity index (χ0) is 24.4. The lowest BCUT2D eigenvalue weighted by Crippen LogP contribution is -2.45. The van der Waals surface area contributed by atoms with E-state index in [9.17, 15) is 30.4 Å². The molecular weight excluding hydrogens is 476 g/mol. The number of carbonyl (C=O) groups excluding carboxylic acids is 1. The minimum absolute atomic E-state index is 0.0926. The van der Waals surface area contributed by atoms with Gasteiger partial charge in [-0.05, 0) is 56.2 Å². The normalized spacial score (nSPS) is 16.2. The summed E-state index contributed by atoms with van der Waals surface area (Å²) in [7, 11) is -7.66. The Balaban J connectivity index is 1.78. The first kappa shape index (κ1) is 25.1. The SMILES string of the molecule is C[C@@H](C(=O)Nc1ccc(S(=O)(=O)N2CCCCC2)cc1)N(c1ccc(F)c(F)c1)S(C)(=O)=O. The lowest BCUT2D eigenvalue weighted by Gasteiger charge is -2.28. The molecule has 1 N–H and O–H groups in total. The van der Waals surface area contributed by atoms with Crippen LogP contribution >= 0.6 is 0 Å². The van der Waals surface area contributed by atoms with Gasteiger partial charge in [-0.2, -0.15) is 4.31 Å². The van der Waals surface area contributed by atoms with Crippen LogP contribution in [-0.4, -0.2) is 52.4 Å². The number of nitrogens with one attached hydrogen (secondary N) is 1. The van der Waals surface area contributed by atoms with Crippen molar-refractivity contribution in [3.05, 3.63) is 54.1 Å². The zero-order valence-corrected chi connectivity index (χ0v) is 19.8. The molecule has 1 aliphatic rings. The topological polar surface area (TPSA) is 104 Å². The Bertz CT molecular complexity index is 1230. The molecule has 12 heteroatoms. The van der Waals surface area contributed by atoms with Crippen LogP contribution in [0.5, 0.6) is 0 Å². The Morgan fingerprint density at radius 2 is 1.58 bits per heavy atom. The van der Waals surface area contributed by atoms with Gasteiger partial charge in [0.15, 0.2) is 11.6 Å². The van der Waals surface area contributed by atoms with Gasteiger partial charge in [-0.3, -0.25) is 9.10 Å². The molecule has 0 radical (unpaired) electrons. The van der Waals surface area contributed by atoms with Crippen LogP contribution in [0, 0.1) is 11.6 Å². The van der Waals surface area contributed by atoms with Crippen LogP contribution in [-0.2, 0) is 24.8 Å². The number of rotatable bonds is 7. The van der Waals surface area contributed by atoms with Crippen LogP contribution in [0.4, 0.5) is 20.2 Å². The predicted octanol–water partition coefficient (Wildman–Crippen LogP) is 2.93. The molecule has 0 spiro atoms. The van der Waals surface area contributed by atoms with Crippen LogP contribution < -0.4 is 9.62 Å². The maximum atomic E-state index is 13.7. The monoisotopic (exact) mass is 501 g/mol. The molecule has 8 nitrogen and oxygen atoms in total. The number of nitrogens with zero attached hydrogens (tertiary/aromatic N) is 2. The zero-order valence-electron chi connectivity index (χ0n) is 18.2. The van der Waals surface area contributed by atoms with Crippen LogP contribution in [0.1, 0.15) is 26.2 Å². The van der Waals surface area contributed by atoms with Crippen molar-refractivity contribution in [2.75, 3.05) is 29.0 Å². The van der Waals surface area contributed by atoms with E-state index in [1.54, 1.807) is 0 Å². The summed E-state index contributed by atoms with van der Waals surface area (Å²) >= 11 is 0. The van der Waals surface area contributed by atoms with Gasteiger partial charge in [-0.15, -0.1) is 0 Å². The smallest absolute Gasteiger partial charge is 0.247 e. The quantitative estimate of drug-likeness (QED) is 0.628. The summed E-state index contributed by atoms with van der Waals surface area (Å²) in [6, 6.07) is 6.77. The Labute approximate surface area is 192 Å². The van der Waals surface area contributed by atoms with E-state index in [2.05, 4.69) is 5.32 Å². The second kappa shape index (κ2) is 9.74. The minimum Gasteiger partial charge on any atom is -0.324 e. The van der Waals surface area contributed by atoms with Crippen molar-refractivity contribution in [2.24, 2.45) is 0 Å². The predicted molar refractivity (Wildman–Crippen MR) is 121 cm³/mol. The minimum atomic E-state index is -4.02. The Morgan fingerprint density at radius 3 is 2.12 bits per heavy atom. The average Bonchev–Trinajstić information content (AvgIpc) is 2.76. The van der Waals surface area contributed by atoms with E-state index in [1.807, 2.05) is 0 Å². The number of amides is 1. The first-order valence-electron chi connectivity index (χ1n) is 10.3. The summed E-state index contributed by atoms with van der Waals surface area (Å²) in [5, 5.41) is 2.53. The number of benzene rings is 2. The summed E-state index contributed by atoms with van der Waals surface area (Å²) in [5.41, 5.74) is 0.0465. The number of halogens is 2. The van der Waals surface area contributed by atoms with Gasteiger partial charge < -0.3 is 5.32 Å². The van der Waals surface area contributed by atoms with E-state index in [0.29, 0.717) is 23.5 Å². The first-order chi connectivity index (χ1) is 15.4. The highest BCUT2D eigenvalue weighted by Crippen LogP contribution is 2.25. The van der Waals surface area contributed by atoms with Gasteiger partial charge in [-0.25, -0.2) is 25.6 Å². The molecule has 3 rings (SSSR count). The molecule has 1 aliphatic heterocycles. The van der Waals surface area contributed by atoms with E-state index in [0.717, 1.165) is 37.7 Å². The average molecular weight is 502 g/mol. The van der Waals surface area contributed by atoms with Gasteiger partial charge in [0.1, 0.15) is 6.04 Å². The third-order valence-electron chi connectivity index (χ3n) is 5.32. The fourth-order valence-corrected chi connectivity index (χ4v) is 6.33. The van der Waals surface area contributed by atoms with E-state index in [4.69, 9.17) is 0 Å². The maximum Gasteiger partial charge on any atom is 0.247 e. The second-order valence-corrected chi connectivity index (χ2v) is 11.6. The lowest BCUT2D eigenvalue weighted by atomic mass is 10.2. The summed E-state index contributed by atoms with van der Waals surface area (Å²) in [6.45, 7) is 2.22. The molecular formula is C21H25F2N3O5S2. The maximum absolute atomic E-state index is 13.7. The van der Waals surface area contributed by atoms with Crippen molar-refractivity contribution in [1.29, 1.82) is 0 Å². The molecule has 0 saturated carbocycles. The number of carbonyl (C=O) groups is 1. The fraction of sp³-hybridized carbons (Fsp3) is 0.381. The molecule has 1 heterocycles. The van der Waals surface area contributed by atoms with Gasteiger partial charge in [0.2, 0.25) is 26.0 Å². The molecule has 0 unspecified atom stereocenters. The number of sulfonamides is 2. The fourth-order valence-electron chi connectivity index (χ4n) is 3.64. The number of hydrogen-bond donors (Lipinski definition) is 1. The van der Waals surface area contributed by atoms with Crippen molar-refractivity contribution in [3.8, 4) is 0 Å². The molecule has 33 heavy (non-hydrogen) atoms. The summed E-state index contributed by atoms with van der Waals surface area (Å²) in [6.07, 6.45) is 3.45. The lowest BCUT2D eigenvalue weighted by molar-refractivity contribution is -0.116. The van der Waals surface area contributed by atoms with Crippen molar-refractivity contribution >= 4 is 37.3 Å². The van der Waals surface area contributed by atoms with Gasteiger partial charge in [0, 0.05) is 24.8 Å². The van der Waals surface area contributed by atoms with Crippen molar-refractivity contribution in [3.63, 3.8) is 0 Å². The van der Waals surface area contributed by atoms with E-state index >= 15 is 0 Å². The molecule has 1 atom stereocenters. The number of piperidine rings is 1.